The molecule has 1 aliphatic carbocycles. The molecule has 1 atom stereocenters. The lowest BCUT2D eigenvalue weighted by Gasteiger charge is -2.33. The molecule has 0 unspecified atom stereocenters. The summed E-state index contributed by atoms with van der Waals surface area (Å²) in [5.41, 5.74) is 4.79. The lowest BCUT2D eigenvalue weighted by Crippen LogP contribution is -2.51. The van der Waals surface area contributed by atoms with Crippen molar-refractivity contribution in [3.05, 3.63) is 64.7 Å². The summed E-state index contributed by atoms with van der Waals surface area (Å²) in [5.74, 6) is -0.243. The quantitative estimate of drug-likeness (QED) is 0.379. The van der Waals surface area contributed by atoms with E-state index in [9.17, 15) is 18.0 Å². The molecule has 0 radical (unpaired) electrons. The number of sulfonamides is 1. The summed E-state index contributed by atoms with van der Waals surface area (Å²) in [7, 11) is -3.52. The molecule has 1 fully saturated rings. The van der Waals surface area contributed by atoms with Crippen LogP contribution in [-0.2, 0) is 26.2 Å². The van der Waals surface area contributed by atoms with Crippen LogP contribution in [0.2, 0.25) is 0 Å². The van der Waals surface area contributed by atoms with E-state index in [0.717, 1.165) is 47.9 Å². The van der Waals surface area contributed by atoms with E-state index in [0.29, 0.717) is 25.1 Å². The van der Waals surface area contributed by atoms with E-state index in [1.807, 2.05) is 64.1 Å². The van der Waals surface area contributed by atoms with E-state index in [-0.39, 0.29) is 30.8 Å². The van der Waals surface area contributed by atoms with Crippen LogP contribution in [0.1, 0.15) is 80.5 Å². The molecule has 0 bridgehead atoms. The summed E-state index contributed by atoms with van der Waals surface area (Å²) in [5, 5.41) is 3.21. The Morgan fingerprint density at radius 2 is 1.64 bits per heavy atom. The van der Waals surface area contributed by atoms with Crippen LogP contribution in [0.15, 0.2) is 42.5 Å². The SMILES string of the molecule is CC[C@@H](C(=O)NC1CCCCC1)N(Cc1ccc(C)cc1)C(=O)CCCN(c1ccc(C)c(C)c1)S(C)(=O)=O. The summed E-state index contributed by atoms with van der Waals surface area (Å²) >= 11 is 0. The molecular formula is C31H45N3O4S. The Balaban J connectivity index is 1.76. The summed E-state index contributed by atoms with van der Waals surface area (Å²) in [6, 6.07) is 13.2. The fraction of sp³-hybridized carbons (Fsp3) is 0.548. The number of hydrogen-bond acceptors (Lipinski definition) is 4. The van der Waals surface area contributed by atoms with Crippen LogP contribution in [0.3, 0.4) is 0 Å². The van der Waals surface area contributed by atoms with E-state index in [1.54, 1.807) is 11.0 Å². The Labute approximate surface area is 235 Å². The van der Waals surface area contributed by atoms with Gasteiger partial charge in [0.25, 0.3) is 0 Å². The second-order valence-electron chi connectivity index (χ2n) is 11.0. The Morgan fingerprint density at radius 3 is 2.23 bits per heavy atom. The number of nitrogens with one attached hydrogen (secondary N) is 1. The first kappa shape index (κ1) is 30.7. The standard InChI is InChI=1S/C31H45N3O4S/c1-6-29(31(36)32-27-11-8-7-9-12-27)33(22-26-17-14-23(2)15-18-26)30(35)13-10-20-34(39(5,37)38)28-19-16-24(3)25(4)21-28/h14-19,21,27,29H,6-13,20,22H2,1-5H3,(H,32,36)/t29-/m0/s1. The molecule has 0 heterocycles. The normalized spacial score (nSPS) is 15.0. The van der Waals surface area contributed by atoms with E-state index >= 15 is 0 Å². The van der Waals surface area contributed by atoms with Crippen molar-refractivity contribution in [1.29, 1.82) is 0 Å². The molecule has 2 aromatic rings. The van der Waals surface area contributed by atoms with Gasteiger partial charge in [-0.2, -0.15) is 0 Å². The average Bonchev–Trinajstić information content (AvgIpc) is 2.89. The van der Waals surface area contributed by atoms with E-state index < -0.39 is 16.1 Å². The molecule has 0 aliphatic heterocycles. The number of carbonyl (C=O) groups is 2. The van der Waals surface area contributed by atoms with Crippen LogP contribution in [0.25, 0.3) is 0 Å². The summed E-state index contributed by atoms with van der Waals surface area (Å²) in [4.78, 5) is 28.7. The second-order valence-corrected chi connectivity index (χ2v) is 12.9. The van der Waals surface area contributed by atoms with Crippen molar-refractivity contribution in [2.75, 3.05) is 17.1 Å². The van der Waals surface area contributed by atoms with Crippen molar-refractivity contribution >= 4 is 27.5 Å². The van der Waals surface area contributed by atoms with Crippen molar-refractivity contribution in [1.82, 2.24) is 10.2 Å². The maximum atomic E-state index is 13.7. The molecule has 1 aliphatic rings. The first-order chi connectivity index (χ1) is 18.5. The van der Waals surface area contributed by atoms with Gasteiger partial charge >= 0.3 is 0 Å². The number of amides is 2. The number of carbonyl (C=O) groups excluding carboxylic acids is 2. The van der Waals surface area contributed by atoms with Crippen molar-refractivity contribution in [2.45, 2.75) is 97.7 Å². The molecule has 1 saturated carbocycles. The van der Waals surface area contributed by atoms with Gasteiger partial charge in [-0.3, -0.25) is 13.9 Å². The number of aryl methyl sites for hydroxylation is 3. The molecule has 0 aromatic heterocycles. The molecule has 7 nitrogen and oxygen atoms in total. The largest absolute Gasteiger partial charge is 0.352 e. The molecule has 39 heavy (non-hydrogen) atoms. The van der Waals surface area contributed by atoms with Crippen molar-refractivity contribution in [3.8, 4) is 0 Å². The third-order valence-electron chi connectivity index (χ3n) is 7.74. The number of rotatable bonds is 12. The van der Waals surface area contributed by atoms with Gasteiger partial charge in [0.1, 0.15) is 6.04 Å². The zero-order chi connectivity index (χ0) is 28.6. The Hall–Kier alpha value is -2.87. The van der Waals surface area contributed by atoms with E-state index in [4.69, 9.17) is 0 Å². The van der Waals surface area contributed by atoms with Crippen LogP contribution in [-0.4, -0.2) is 50.0 Å². The third-order valence-corrected chi connectivity index (χ3v) is 8.94. The molecular weight excluding hydrogens is 510 g/mol. The lowest BCUT2D eigenvalue weighted by atomic mass is 9.95. The molecule has 3 rings (SSSR count). The van der Waals surface area contributed by atoms with E-state index in [1.165, 1.54) is 17.0 Å². The predicted molar refractivity (Wildman–Crippen MR) is 158 cm³/mol. The van der Waals surface area contributed by atoms with Crippen LogP contribution < -0.4 is 9.62 Å². The zero-order valence-electron chi connectivity index (χ0n) is 24.2. The van der Waals surface area contributed by atoms with Gasteiger partial charge in [0.15, 0.2) is 0 Å². The maximum absolute atomic E-state index is 13.7. The maximum Gasteiger partial charge on any atom is 0.243 e. The molecule has 2 amide bonds. The fourth-order valence-corrected chi connectivity index (χ4v) is 6.20. The molecule has 8 heteroatoms. The molecule has 0 saturated heterocycles. The van der Waals surface area contributed by atoms with Gasteiger partial charge in [-0.15, -0.1) is 0 Å². The average molecular weight is 556 g/mol. The highest BCUT2D eigenvalue weighted by molar-refractivity contribution is 7.92. The van der Waals surface area contributed by atoms with Crippen molar-refractivity contribution in [3.63, 3.8) is 0 Å². The minimum absolute atomic E-state index is 0.0993. The summed E-state index contributed by atoms with van der Waals surface area (Å²) in [6.07, 6.45) is 7.59. The van der Waals surface area contributed by atoms with E-state index in [2.05, 4.69) is 5.32 Å². The van der Waals surface area contributed by atoms with Crippen molar-refractivity contribution < 1.29 is 18.0 Å². The second kappa shape index (κ2) is 14.0. The number of benzene rings is 2. The number of anilines is 1. The monoisotopic (exact) mass is 555 g/mol. The highest BCUT2D eigenvalue weighted by Crippen LogP contribution is 2.23. The fourth-order valence-electron chi connectivity index (χ4n) is 5.24. The first-order valence-electron chi connectivity index (χ1n) is 14.2. The van der Waals surface area contributed by atoms with Gasteiger partial charge < -0.3 is 10.2 Å². The molecule has 2 aromatic carbocycles. The summed E-state index contributed by atoms with van der Waals surface area (Å²) < 4.78 is 26.6. The van der Waals surface area contributed by atoms with Crippen molar-refractivity contribution in [2.24, 2.45) is 0 Å². The smallest absolute Gasteiger partial charge is 0.243 e. The Kier molecular flexibility index (Phi) is 11.0. The van der Waals surface area contributed by atoms with Gasteiger partial charge in [0, 0.05) is 25.6 Å². The number of hydrogen-bond donors (Lipinski definition) is 1. The Bertz CT molecular complexity index is 1220. The molecule has 0 spiro atoms. The van der Waals surface area contributed by atoms with Crippen LogP contribution in [0.4, 0.5) is 5.69 Å². The third kappa shape index (κ3) is 8.82. The molecule has 214 valence electrons. The zero-order valence-corrected chi connectivity index (χ0v) is 25.0. The Morgan fingerprint density at radius 1 is 0.974 bits per heavy atom. The summed E-state index contributed by atoms with van der Waals surface area (Å²) in [6.45, 7) is 8.42. The van der Waals surface area contributed by atoms with Gasteiger partial charge in [0.2, 0.25) is 21.8 Å². The van der Waals surface area contributed by atoms with Gasteiger partial charge in [-0.1, -0.05) is 62.1 Å². The van der Waals surface area contributed by atoms with Gasteiger partial charge in [-0.05, 0) is 75.3 Å². The highest BCUT2D eigenvalue weighted by Gasteiger charge is 2.30. The van der Waals surface area contributed by atoms with Crippen LogP contribution in [0.5, 0.6) is 0 Å². The minimum Gasteiger partial charge on any atom is -0.352 e. The topological polar surface area (TPSA) is 86.8 Å². The molecule has 1 N–H and O–H groups in total. The first-order valence-corrected chi connectivity index (χ1v) is 16.0. The predicted octanol–water partition coefficient (Wildman–Crippen LogP) is 5.41. The highest BCUT2D eigenvalue weighted by atomic mass is 32.2. The van der Waals surface area contributed by atoms with Gasteiger partial charge in [0.05, 0.1) is 11.9 Å². The van der Waals surface area contributed by atoms with Gasteiger partial charge in [-0.25, -0.2) is 8.42 Å². The van der Waals surface area contributed by atoms with Crippen LogP contribution >= 0.6 is 0 Å². The lowest BCUT2D eigenvalue weighted by molar-refractivity contribution is -0.141. The van der Waals surface area contributed by atoms with Crippen LogP contribution in [0, 0.1) is 20.8 Å². The minimum atomic E-state index is -3.52. The number of nitrogens with zero attached hydrogens (tertiary/aromatic N) is 2.